The molecule has 3 N–H and O–H groups in total. The average Bonchev–Trinajstić information content (AvgIpc) is 2.69. The molecule has 3 amide bonds. The number of hydrogen-bond acceptors (Lipinski definition) is 4. The number of nitrogens with one attached hydrogen (secondary N) is 2. The first-order chi connectivity index (χ1) is 13.0. The van der Waals surface area contributed by atoms with Crippen molar-refractivity contribution in [1.29, 1.82) is 0 Å². The summed E-state index contributed by atoms with van der Waals surface area (Å²) in [6, 6.07) is 6.48. The first-order valence-electron chi connectivity index (χ1n) is 9.30. The maximum Gasteiger partial charge on any atom is 0.319 e. The van der Waals surface area contributed by atoms with Gasteiger partial charge in [-0.15, -0.1) is 0 Å². The highest BCUT2D eigenvalue weighted by atomic mass is 16.5. The highest BCUT2D eigenvalue weighted by molar-refractivity contribution is 5.95. The molecular formula is C19H25N3O5. The van der Waals surface area contributed by atoms with Crippen LogP contribution in [0.2, 0.25) is 0 Å². The molecule has 27 heavy (non-hydrogen) atoms. The number of benzene rings is 1. The number of carbonyl (C=O) groups excluding carboxylic acids is 2. The molecule has 3 rings (SSSR count). The predicted octanol–water partition coefficient (Wildman–Crippen LogP) is 1.92. The molecule has 0 radical (unpaired) electrons. The van der Waals surface area contributed by atoms with E-state index in [4.69, 9.17) is 9.84 Å². The molecule has 0 spiro atoms. The molecule has 2 fully saturated rings. The zero-order chi connectivity index (χ0) is 19.2. The van der Waals surface area contributed by atoms with Crippen molar-refractivity contribution in [2.24, 2.45) is 5.92 Å². The van der Waals surface area contributed by atoms with Crippen LogP contribution in [0.1, 0.15) is 36.0 Å². The van der Waals surface area contributed by atoms with Gasteiger partial charge in [-0.1, -0.05) is 0 Å². The number of carboxylic acid groups (broad SMARTS) is 1. The van der Waals surface area contributed by atoms with E-state index in [1.165, 1.54) is 0 Å². The van der Waals surface area contributed by atoms with E-state index >= 15 is 0 Å². The Morgan fingerprint density at radius 2 is 1.63 bits per heavy atom. The van der Waals surface area contributed by atoms with E-state index in [0.717, 1.165) is 0 Å². The molecule has 1 heterocycles. The van der Waals surface area contributed by atoms with Crippen molar-refractivity contribution < 1.29 is 24.2 Å². The SMILES string of the molecule is O=C(Nc1ccc(C(=O)N2CCOCC2)cc1)NC1CCC(C(=O)O)CC1. The Balaban J connectivity index is 1.47. The molecule has 2 aliphatic rings. The van der Waals surface area contributed by atoms with E-state index in [1.54, 1.807) is 29.2 Å². The number of anilines is 1. The Morgan fingerprint density at radius 1 is 1.00 bits per heavy atom. The Kier molecular flexibility index (Phi) is 6.28. The number of rotatable bonds is 4. The number of ether oxygens (including phenoxy) is 1. The first-order valence-corrected chi connectivity index (χ1v) is 9.30. The second kappa shape index (κ2) is 8.85. The molecule has 1 aromatic carbocycles. The fourth-order valence-electron chi connectivity index (χ4n) is 3.48. The maximum atomic E-state index is 12.4. The summed E-state index contributed by atoms with van der Waals surface area (Å²) < 4.78 is 5.25. The summed E-state index contributed by atoms with van der Waals surface area (Å²) in [5.74, 6) is -1.10. The van der Waals surface area contributed by atoms with Crippen LogP contribution in [0.15, 0.2) is 24.3 Å². The third-order valence-corrected chi connectivity index (χ3v) is 5.10. The van der Waals surface area contributed by atoms with Crippen molar-refractivity contribution in [1.82, 2.24) is 10.2 Å². The van der Waals surface area contributed by atoms with E-state index in [2.05, 4.69) is 10.6 Å². The van der Waals surface area contributed by atoms with Gasteiger partial charge in [-0.25, -0.2) is 4.79 Å². The highest BCUT2D eigenvalue weighted by Gasteiger charge is 2.26. The summed E-state index contributed by atoms with van der Waals surface area (Å²) in [6.07, 6.45) is 2.49. The molecule has 1 aliphatic carbocycles. The van der Waals surface area contributed by atoms with Crippen molar-refractivity contribution in [3.63, 3.8) is 0 Å². The topological polar surface area (TPSA) is 108 Å². The zero-order valence-electron chi connectivity index (χ0n) is 15.1. The fourth-order valence-corrected chi connectivity index (χ4v) is 3.48. The summed E-state index contributed by atoms with van der Waals surface area (Å²) in [5.41, 5.74) is 1.18. The molecule has 8 heteroatoms. The fraction of sp³-hybridized carbons (Fsp3) is 0.526. The summed E-state index contributed by atoms with van der Waals surface area (Å²) in [7, 11) is 0. The molecule has 1 saturated heterocycles. The van der Waals surface area contributed by atoms with Crippen molar-refractivity contribution in [2.75, 3.05) is 31.6 Å². The minimum absolute atomic E-state index is 0.0113. The number of nitrogens with zero attached hydrogens (tertiary/aromatic N) is 1. The van der Waals surface area contributed by atoms with Gasteiger partial charge < -0.3 is 25.4 Å². The number of carbonyl (C=O) groups is 3. The van der Waals surface area contributed by atoms with Crippen molar-refractivity contribution in [3.8, 4) is 0 Å². The van der Waals surface area contributed by atoms with Crippen LogP contribution in [-0.2, 0) is 9.53 Å². The van der Waals surface area contributed by atoms with Crippen LogP contribution >= 0.6 is 0 Å². The maximum absolute atomic E-state index is 12.4. The molecule has 146 valence electrons. The van der Waals surface area contributed by atoms with Crippen molar-refractivity contribution in [2.45, 2.75) is 31.7 Å². The van der Waals surface area contributed by atoms with Gasteiger partial charge in [0, 0.05) is 30.4 Å². The number of carboxylic acids is 1. The largest absolute Gasteiger partial charge is 0.481 e. The van der Waals surface area contributed by atoms with Gasteiger partial charge in [0.2, 0.25) is 0 Å². The Labute approximate surface area is 157 Å². The third kappa shape index (κ3) is 5.19. The standard InChI is InChI=1S/C19H25N3O5/c23-17(22-9-11-27-12-10-22)13-1-5-15(6-2-13)20-19(26)21-16-7-3-14(4-8-16)18(24)25/h1-2,5-6,14,16H,3-4,7-12H2,(H,24,25)(H2,20,21,26). The number of amides is 3. The van der Waals surface area contributed by atoms with Crippen molar-refractivity contribution >= 4 is 23.6 Å². The van der Waals surface area contributed by atoms with E-state index in [-0.39, 0.29) is 23.9 Å². The Hall–Kier alpha value is -2.61. The lowest BCUT2D eigenvalue weighted by molar-refractivity contribution is -0.142. The summed E-state index contributed by atoms with van der Waals surface area (Å²) >= 11 is 0. The van der Waals surface area contributed by atoms with Gasteiger partial charge in [-0.3, -0.25) is 9.59 Å². The number of morpholine rings is 1. The van der Waals surface area contributed by atoms with Crippen LogP contribution in [0, 0.1) is 5.92 Å². The third-order valence-electron chi connectivity index (χ3n) is 5.10. The second-order valence-corrected chi connectivity index (χ2v) is 6.97. The molecule has 8 nitrogen and oxygen atoms in total. The second-order valence-electron chi connectivity index (χ2n) is 6.97. The minimum atomic E-state index is -0.760. The summed E-state index contributed by atoms with van der Waals surface area (Å²) in [6.45, 7) is 2.29. The van der Waals surface area contributed by atoms with Crippen LogP contribution in [0.4, 0.5) is 10.5 Å². The van der Waals surface area contributed by atoms with E-state index in [1.807, 2.05) is 0 Å². The molecule has 0 unspecified atom stereocenters. The molecule has 0 atom stereocenters. The van der Waals surface area contributed by atoms with E-state index < -0.39 is 5.97 Å². The highest BCUT2D eigenvalue weighted by Crippen LogP contribution is 2.24. The van der Waals surface area contributed by atoms with Gasteiger partial charge in [-0.05, 0) is 49.9 Å². The quantitative estimate of drug-likeness (QED) is 0.745. The van der Waals surface area contributed by atoms with Crippen LogP contribution in [0.25, 0.3) is 0 Å². The predicted molar refractivity (Wildman–Crippen MR) is 98.7 cm³/mol. The smallest absolute Gasteiger partial charge is 0.319 e. The molecule has 1 aromatic rings. The zero-order valence-corrected chi connectivity index (χ0v) is 15.1. The lowest BCUT2D eigenvalue weighted by Crippen LogP contribution is -2.41. The van der Waals surface area contributed by atoms with Gasteiger partial charge in [0.15, 0.2) is 0 Å². The monoisotopic (exact) mass is 375 g/mol. The lowest BCUT2D eigenvalue weighted by atomic mass is 9.86. The van der Waals surface area contributed by atoms with E-state index in [0.29, 0.717) is 63.2 Å². The van der Waals surface area contributed by atoms with Gasteiger partial charge in [0.1, 0.15) is 0 Å². The van der Waals surface area contributed by atoms with Gasteiger partial charge in [-0.2, -0.15) is 0 Å². The molecular weight excluding hydrogens is 350 g/mol. The van der Waals surface area contributed by atoms with Crippen LogP contribution in [0.5, 0.6) is 0 Å². The lowest BCUT2D eigenvalue weighted by Gasteiger charge is -2.27. The van der Waals surface area contributed by atoms with Crippen molar-refractivity contribution in [3.05, 3.63) is 29.8 Å². The Morgan fingerprint density at radius 3 is 2.22 bits per heavy atom. The van der Waals surface area contributed by atoms with Gasteiger partial charge >= 0.3 is 12.0 Å². The summed E-state index contributed by atoms with van der Waals surface area (Å²) in [4.78, 5) is 37.3. The molecule has 0 bridgehead atoms. The minimum Gasteiger partial charge on any atom is -0.481 e. The molecule has 0 aromatic heterocycles. The van der Waals surface area contributed by atoms with Gasteiger partial charge in [0.05, 0.1) is 19.1 Å². The van der Waals surface area contributed by atoms with E-state index in [9.17, 15) is 14.4 Å². The number of hydrogen-bond donors (Lipinski definition) is 3. The Bertz CT molecular complexity index is 677. The van der Waals surface area contributed by atoms with Gasteiger partial charge in [0.25, 0.3) is 5.91 Å². The normalized spacial score (nSPS) is 22.7. The van der Waals surface area contributed by atoms with Crippen LogP contribution in [-0.4, -0.2) is 60.3 Å². The molecule has 1 saturated carbocycles. The number of aliphatic carboxylic acids is 1. The first kappa shape index (κ1) is 19.2. The summed E-state index contributed by atoms with van der Waals surface area (Å²) in [5, 5.41) is 14.7. The molecule has 1 aliphatic heterocycles. The average molecular weight is 375 g/mol. The van der Waals surface area contributed by atoms with Crippen LogP contribution < -0.4 is 10.6 Å². The number of urea groups is 1. The van der Waals surface area contributed by atoms with Crippen LogP contribution in [0.3, 0.4) is 0 Å².